The molecule has 5 heteroatoms. The molecule has 0 saturated carbocycles. The first kappa shape index (κ1) is 12.5. The number of benzene rings is 1. The van der Waals surface area contributed by atoms with Crippen molar-refractivity contribution >= 4 is 17.0 Å². The average Bonchev–Trinajstić information content (AvgIpc) is 2.91. The molecule has 5 nitrogen and oxygen atoms in total. The molecule has 0 amide bonds. The second-order valence-corrected chi connectivity index (χ2v) is 4.85. The second-order valence-electron chi connectivity index (χ2n) is 4.85. The molecule has 1 N–H and O–H groups in total. The maximum Gasteiger partial charge on any atom is 0.352 e. The Morgan fingerprint density at radius 2 is 2.00 bits per heavy atom. The summed E-state index contributed by atoms with van der Waals surface area (Å²) in [6.45, 7) is 2.42. The van der Waals surface area contributed by atoms with Crippen molar-refractivity contribution in [2.75, 3.05) is 0 Å². The SMILES string of the molecule is Cc1nn(C)c2cc(C(=O)O)n(Cc3ccccc3)c12. The number of aromatic carboxylic acids is 1. The first-order valence-electron chi connectivity index (χ1n) is 6.38. The third-order valence-electron chi connectivity index (χ3n) is 3.47. The van der Waals surface area contributed by atoms with E-state index >= 15 is 0 Å². The number of rotatable bonds is 3. The van der Waals surface area contributed by atoms with Gasteiger partial charge in [0, 0.05) is 13.6 Å². The van der Waals surface area contributed by atoms with E-state index in [0.717, 1.165) is 22.3 Å². The normalized spacial score (nSPS) is 11.1. The van der Waals surface area contributed by atoms with Crippen LogP contribution >= 0.6 is 0 Å². The lowest BCUT2D eigenvalue weighted by molar-refractivity contribution is 0.0686. The van der Waals surface area contributed by atoms with Gasteiger partial charge in [-0.2, -0.15) is 5.10 Å². The van der Waals surface area contributed by atoms with Crippen molar-refractivity contribution in [2.24, 2.45) is 7.05 Å². The molecule has 0 aliphatic rings. The first-order valence-corrected chi connectivity index (χ1v) is 6.38. The van der Waals surface area contributed by atoms with Crippen LogP contribution in [0.2, 0.25) is 0 Å². The fourth-order valence-corrected chi connectivity index (χ4v) is 2.60. The van der Waals surface area contributed by atoms with Crippen molar-refractivity contribution in [3.05, 3.63) is 53.3 Å². The first-order chi connectivity index (χ1) is 9.58. The maximum atomic E-state index is 11.5. The van der Waals surface area contributed by atoms with Crippen molar-refractivity contribution < 1.29 is 9.90 Å². The summed E-state index contributed by atoms with van der Waals surface area (Å²) in [5.74, 6) is -0.920. The van der Waals surface area contributed by atoms with Crippen molar-refractivity contribution in [3.63, 3.8) is 0 Å². The summed E-state index contributed by atoms with van der Waals surface area (Å²) in [7, 11) is 1.83. The van der Waals surface area contributed by atoms with Crippen LogP contribution in [0.25, 0.3) is 11.0 Å². The molecule has 0 saturated heterocycles. The highest BCUT2D eigenvalue weighted by atomic mass is 16.4. The summed E-state index contributed by atoms with van der Waals surface area (Å²) >= 11 is 0. The monoisotopic (exact) mass is 269 g/mol. The fraction of sp³-hybridized carbons (Fsp3) is 0.200. The molecular formula is C15H15N3O2. The Morgan fingerprint density at radius 1 is 1.30 bits per heavy atom. The van der Waals surface area contributed by atoms with E-state index in [1.54, 1.807) is 10.7 Å². The predicted molar refractivity (Wildman–Crippen MR) is 75.9 cm³/mol. The zero-order valence-corrected chi connectivity index (χ0v) is 11.4. The van der Waals surface area contributed by atoms with Gasteiger partial charge in [-0.1, -0.05) is 30.3 Å². The van der Waals surface area contributed by atoms with Crippen molar-refractivity contribution in [1.29, 1.82) is 0 Å². The third-order valence-corrected chi connectivity index (χ3v) is 3.47. The number of fused-ring (bicyclic) bond motifs is 1. The van der Waals surface area contributed by atoms with E-state index in [1.807, 2.05) is 48.9 Å². The molecule has 20 heavy (non-hydrogen) atoms. The standard InChI is InChI=1S/C15H15N3O2/c1-10-14-12(17(2)16-10)8-13(15(19)20)18(14)9-11-6-4-3-5-7-11/h3-8H,9H2,1-2H3,(H,19,20). The van der Waals surface area contributed by atoms with Gasteiger partial charge < -0.3 is 9.67 Å². The Kier molecular flexibility index (Phi) is 2.82. The van der Waals surface area contributed by atoms with Crippen LogP contribution in [0.3, 0.4) is 0 Å². The highest BCUT2D eigenvalue weighted by Gasteiger charge is 2.19. The summed E-state index contributed by atoms with van der Waals surface area (Å²) in [6.07, 6.45) is 0. The predicted octanol–water partition coefficient (Wildman–Crippen LogP) is 2.43. The van der Waals surface area contributed by atoms with Gasteiger partial charge in [-0.05, 0) is 18.6 Å². The van der Waals surface area contributed by atoms with Crippen molar-refractivity contribution in [3.8, 4) is 0 Å². The Bertz CT molecular complexity index is 784. The van der Waals surface area contributed by atoms with Crippen molar-refractivity contribution in [1.82, 2.24) is 14.3 Å². The van der Waals surface area contributed by atoms with Crippen LogP contribution in [0, 0.1) is 6.92 Å². The summed E-state index contributed by atoms with van der Waals surface area (Å²) in [4.78, 5) is 11.5. The number of nitrogens with zero attached hydrogens (tertiary/aromatic N) is 3. The van der Waals surface area contributed by atoms with Gasteiger partial charge in [0.1, 0.15) is 5.69 Å². The van der Waals surface area contributed by atoms with Crippen LogP contribution in [-0.2, 0) is 13.6 Å². The molecule has 2 heterocycles. The van der Waals surface area contributed by atoms with E-state index in [1.165, 1.54) is 0 Å². The molecule has 0 aliphatic carbocycles. The van der Waals surface area contributed by atoms with Gasteiger partial charge in [-0.3, -0.25) is 4.68 Å². The number of hydrogen-bond donors (Lipinski definition) is 1. The minimum Gasteiger partial charge on any atom is -0.477 e. The number of carboxylic acid groups (broad SMARTS) is 1. The molecule has 3 rings (SSSR count). The minimum atomic E-state index is -0.920. The van der Waals surface area contributed by atoms with Crippen LogP contribution in [-0.4, -0.2) is 25.4 Å². The summed E-state index contributed by atoms with van der Waals surface area (Å²) < 4.78 is 3.54. The average molecular weight is 269 g/mol. The number of hydrogen-bond acceptors (Lipinski definition) is 2. The van der Waals surface area contributed by atoms with Gasteiger partial charge in [0.25, 0.3) is 0 Å². The van der Waals surface area contributed by atoms with Gasteiger partial charge >= 0.3 is 5.97 Å². The third kappa shape index (κ3) is 1.87. The molecule has 0 radical (unpaired) electrons. The molecule has 3 aromatic rings. The lowest BCUT2D eigenvalue weighted by Gasteiger charge is -2.08. The smallest absolute Gasteiger partial charge is 0.352 e. The molecule has 2 aromatic heterocycles. The number of carboxylic acids is 1. The van der Waals surface area contributed by atoms with Gasteiger partial charge in [0.2, 0.25) is 0 Å². The van der Waals surface area contributed by atoms with E-state index in [-0.39, 0.29) is 0 Å². The van der Waals surface area contributed by atoms with Gasteiger partial charge in [-0.15, -0.1) is 0 Å². The molecule has 0 unspecified atom stereocenters. The highest BCUT2D eigenvalue weighted by Crippen LogP contribution is 2.24. The van der Waals surface area contributed by atoms with Gasteiger partial charge in [0.15, 0.2) is 0 Å². The zero-order chi connectivity index (χ0) is 14.3. The van der Waals surface area contributed by atoms with E-state index in [9.17, 15) is 9.90 Å². The van der Waals surface area contributed by atoms with E-state index in [4.69, 9.17) is 0 Å². The van der Waals surface area contributed by atoms with E-state index in [2.05, 4.69) is 5.10 Å². The van der Waals surface area contributed by atoms with E-state index in [0.29, 0.717) is 12.2 Å². The highest BCUT2D eigenvalue weighted by molar-refractivity contribution is 5.94. The zero-order valence-electron chi connectivity index (χ0n) is 11.4. The summed E-state index contributed by atoms with van der Waals surface area (Å²) in [6, 6.07) is 11.5. The Hall–Kier alpha value is -2.56. The molecule has 0 aliphatic heterocycles. The number of aromatic nitrogens is 3. The summed E-state index contributed by atoms with van der Waals surface area (Å²) in [5, 5.41) is 13.8. The fourth-order valence-electron chi connectivity index (χ4n) is 2.60. The minimum absolute atomic E-state index is 0.292. The Balaban J connectivity index is 2.21. The van der Waals surface area contributed by atoms with Crippen LogP contribution in [0.5, 0.6) is 0 Å². The van der Waals surface area contributed by atoms with Crippen LogP contribution in [0.1, 0.15) is 21.7 Å². The van der Waals surface area contributed by atoms with Crippen LogP contribution in [0.4, 0.5) is 0 Å². The largest absolute Gasteiger partial charge is 0.477 e. The lowest BCUT2D eigenvalue weighted by atomic mass is 10.2. The number of carbonyl (C=O) groups is 1. The lowest BCUT2D eigenvalue weighted by Crippen LogP contribution is -2.09. The van der Waals surface area contributed by atoms with Gasteiger partial charge in [0.05, 0.1) is 16.7 Å². The number of aryl methyl sites for hydroxylation is 2. The quantitative estimate of drug-likeness (QED) is 0.794. The molecular weight excluding hydrogens is 254 g/mol. The molecule has 0 spiro atoms. The molecule has 0 atom stereocenters. The van der Waals surface area contributed by atoms with Gasteiger partial charge in [-0.25, -0.2) is 4.79 Å². The second kappa shape index (κ2) is 4.52. The topological polar surface area (TPSA) is 60.1 Å². The van der Waals surface area contributed by atoms with E-state index < -0.39 is 5.97 Å². The molecule has 102 valence electrons. The van der Waals surface area contributed by atoms with Crippen LogP contribution < -0.4 is 0 Å². The summed E-state index contributed by atoms with van der Waals surface area (Å²) in [5.41, 5.74) is 3.92. The van der Waals surface area contributed by atoms with Crippen molar-refractivity contribution in [2.45, 2.75) is 13.5 Å². The van der Waals surface area contributed by atoms with Crippen LogP contribution in [0.15, 0.2) is 36.4 Å². The molecule has 0 fully saturated rings. The molecule has 1 aromatic carbocycles. The Labute approximate surface area is 116 Å². The Morgan fingerprint density at radius 3 is 2.65 bits per heavy atom. The molecule has 0 bridgehead atoms. The maximum absolute atomic E-state index is 11.5.